The molecule has 3 nitrogen and oxygen atoms in total. The van der Waals surface area contributed by atoms with Crippen molar-refractivity contribution in [2.45, 2.75) is 13.0 Å². The van der Waals surface area contributed by atoms with E-state index in [1.807, 2.05) is 42.5 Å². The normalized spacial score (nSPS) is 12.5. The molecule has 1 unspecified atom stereocenters. The second kappa shape index (κ2) is 5.33. The van der Waals surface area contributed by atoms with Crippen molar-refractivity contribution in [3.05, 3.63) is 53.1 Å². The van der Waals surface area contributed by atoms with E-state index < -0.39 is 0 Å². The predicted octanol–water partition coefficient (Wildman–Crippen LogP) is 3.51. The Hall–Kier alpha value is -1.35. The van der Waals surface area contributed by atoms with Crippen molar-refractivity contribution < 1.29 is 0 Å². The third-order valence-corrected chi connectivity index (χ3v) is 4.51. The van der Waals surface area contributed by atoms with Gasteiger partial charge in [-0.25, -0.2) is 0 Å². The summed E-state index contributed by atoms with van der Waals surface area (Å²) in [6.07, 6.45) is 0. The topological polar surface area (TPSA) is 37.8 Å². The number of aromatic nitrogens is 2. The Morgan fingerprint density at radius 3 is 2.79 bits per heavy atom. The summed E-state index contributed by atoms with van der Waals surface area (Å²) in [5.74, 6) is 0. The van der Waals surface area contributed by atoms with Gasteiger partial charge in [0.1, 0.15) is 0 Å². The molecule has 5 heteroatoms. The van der Waals surface area contributed by atoms with Crippen LogP contribution in [0.3, 0.4) is 0 Å². The van der Waals surface area contributed by atoms with Crippen molar-refractivity contribution in [2.75, 3.05) is 5.32 Å². The third-order valence-electron chi connectivity index (χ3n) is 3.03. The molecule has 3 rings (SSSR count). The SMILES string of the molecule is CC(Nc1cccc2n[se]nc12)c1ccccc1Cl. The molecule has 0 saturated carbocycles. The fourth-order valence-electron chi connectivity index (χ4n) is 2.06. The van der Waals surface area contributed by atoms with Gasteiger partial charge in [-0.05, 0) is 0 Å². The van der Waals surface area contributed by atoms with Crippen LogP contribution in [0, 0.1) is 0 Å². The van der Waals surface area contributed by atoms with Crippen LogP contribution in [0.25, 0.3) is 11.0 Å². The van der Waals surface area contributed by atoms with E-state index in [0.29, 0.717) is 0 Å². The zero-order valence-electron chi connectivity index (χ0n) is 10.3. The van der Waals surface area contributed by atoms with E-state index >= 15 is 0 Å². The molecule has 0 bridgehead atoms. The zero-order valence-corrected chi connectivity index (χ0v) is 12.8. The molecule has 96 valence electrons. The van der Waals surface area contributed by atoms with Crippen molar-refractivity contribution in [3.8, 4) is 0 Å². The van der Waals surface area contributed by atoms with Crippen LogP contribution in [0.4, 0.5) is 5.69 Å². The quantitative estimate of drug-likeness (QED) is 0.744. The van der Waals surface area contributed by atoms with Crippen LogP contribution in [0.1, 0.15) is 18.5 Å². The van der Waals surface area contributed by atoms with Crippen LogP contribution in [0.15, 0.2) is 42.5 Å². The first-order chi connectivity index (χ1) is 9.25. The van der Waals surface area contributed by atoms with E-state index in [9.17, 15) is 0 Å². The Labute approximate surface area is 122 Å². The molecule has 19 heavy (non-hydrogen) atoms. The molecule has 0 spiro atoms. The Morgan fingerprint density at radius 1 is 1.11 bits per heavy atom. The molecule has 0 radical (unpaired) electrons. The molecule has 0 aliphatic rings. The number of anilines is 1. The number of hydrogen-bond acceptors (Lipinski definition) is 3. The van der Waals surface area contributed by atoms with Crippen LogP contribution in [0.2, 0.25) is 5.02 Å². The van der Waals surface area contributed by atoms with Gasteiger partial charge < -0.3 is 0 Å². The van der Waals surface area contributed by atoms with Gasteiger partial charge in [-0.3, -0.25) is 0 Å². The maximum atomic E-state index is 6.22. The molecule has 0 amide bonds. The Bertz CT molecular complexity index is 710. The average molecular weight is 337 g/mol. The van der Waals surface area contributed by atoms with Crippen LogP contribution >= 0.6 is 11.6 Å². The van der Waals surface area contributed by atoms with Gasteiger partial charge in [-0.1, -0.05) is 0 Å². The number of fused-ring (bicyclic) bond motifs is 1. The van der Waals surface area contributed by atoms with E-state index in [4.69, 9.17) is 11.6 Å². The first-order valence-corrected chi connectivity index (χ1v) is 7.89. The second-order valence-electron chi connectivity index (χ2n) is 4.33. The van der Waals surface area contributed by atoms with Gasteiger partial charge in [0, 0.05) is 0 Å². The zero-order chi connectivity index (χ0) is 13.2. The number of nitrogens with one attached hydrogen (secondary N) is 1. The molecule has 0 aliphatic heterocycles. The summed E-state index contributed by atoms with van der Waals surface area (Å²) in [7, 11) is 0. The monoisotopic (exact) mass is 337 g/mol. The Balaban J connectivity index is 1.93. The summed E-state index contributed by atoms with van der Waals surface area (Å²) in [5.41, 5.74) is 4.06. The standard InChI is InChI=1S/C14H12ClN3Se/c1-9(10-5-2-3-6-11(10)15)16-12-7-4-8-13-14(12)18-19-17-13/h2-9,16H,1H3. The summed E-state index contributed by atoms with van der Waals surface area (Å²) in [6, 6.07) is 14.0. The molecule has 0 saturated heterocycles. The van der Waals surface area contributed by atoms with Gasteiger partial charge in [-0.2, -0.15) is 0 Å². The Kier molecular flexibility index (Phi) is 3.56. The van der Waals surface area contributed by atoms with Crippen molar-refractivity contribution in [1.82, 2.24) is 7.96 Å². The van der Waals surface area contributed by atoms with Crippen LogP contribution in [-0.4, -0.2) is 22.9 Å². The minimum atomic E-state index is -0.00620. The van der Waals surface area contributed by atoms with Gasteiger partial charge in [0.15, 0.2) is 0 Å². The van der Waals surface area contributed by atoms with Crippen molar-refractivity contribution in [1.29, 1.82) is 0 Å². The molecule has 1 N–H and O–H groups in total. The molecule has 1 aromatic heterocycles. The van der Waals surface area contributed by atoms with Crippen LogP contribution in [0.5, 0.6) is 0 Å². The molecule has 3 aromatic rings. The summed E-state index contributed by atoms with van der Waals surface area (Å²) >= 11 is 6.22. The fourth-order valence-corrected chi connectivity index (χ4v) is 3.51. The fraction of sp³-hybridized carbons (Fsp3) is 0.143. The molecule has 1 heterocycles. The molecule has 0 aliphatic carbocycles. The van der Waals surface area contributed by atoms with Gasteiger partial charge in [0.2, 0.25) is 0 Å². The number of halogens is 1. The number of rotatable bonds is 3. The van der Waals surface area contributed by atoms with Gasteiger partial charge in [0.25, 0.3) is 0 Å². The predicted molar refractivity (Wildman–Crippen MR) is 80.0 cm³/mol. The summed E-state index contributed by atoms with van der Waals surface area (Å²) in [5, 5.41) is 4.25. The van der Waals surface area contributed by atoms with E-state index in [2.05, 4.69) is 20.2 Å². The molecular formula is C14H12ClN3Se. The second-order valence-corrected chi connectivity index (χ2v) is 5.84. The van der Waals surface area contributed by atoms with Gasteiger partial charge in [-0.15, -0.1) is 0 Å². The summed E-state index contributed by atoms with van der Waals surface area (Å²) < 4.78 is 8.86. The minimum absolute atomic E-state index is 0.00620. The maximum absolute atomic E-state index is 6.22. The van der Waals surface area contributed by atoms with Crippen molar-refractivity contribution in [2.24, 2.45) is 0 Å². The summed E-state index contributed by atoms with van der Waals surface area (Å²) in [6.45, 7) is 2.10. The molecule has 1 atom stereocenters. The van der Waals surface area contributed by atoms with E-state index in [0.717, 1.165) is 27.3 Å². The molecular weight excluding hydrogens is 325 g/mol. The van der Waals surface area contributed by atoms with E-state index in [1.54, 1.807) is 0 Å². The van der Waals surface area contributed by atoms with Crippen molar-refractivity contribution in [3.63, 3.8) is 0 Å². The van der Waals surface area contributed by atoms with Crippen LogP contribution < -0.4 is 5.32 Å². The average Bonchev–Trinajstić information content (AvgIpc) is 2.88. The van der Waals surface area contributed by atoms with Gasteiger partial charge >= 0.3 is 123 Å². The van der Waals surface area contributed by atoms with E-state index in [-0.39, 0.29) is 21.0 Å². The first-order valence-electron chi connectivity index (χ1n) is 5.98. The molecule has 2 aromatic carbocycles. The molecule has 0 fully saturated rings. The van der Waals surface area contributed by atoms with Crippen LogP contribution in [-0.2, 0) is 0 Å². The number of hydrogen-bond donors (Lipinski definition) is 1. The number of benzene rings is 2. The number of nitrogens with zero attached hydrogens (tertiary/aromatic N) is 2. The van der Waals surface area contributed by atoms with Crippen molar-refractivity contribution >= 4 is 43.3 Å². The van der Waals surface area contributed by atoms with Gasteiger partial charge in [0.05, 0.1) is 0 Å². The summed E-state index contributed by atoms with van der Waals surface area (Å²) in [4.78, 5) is 0. The first kappa shape index (κ1) is 12.7. The third kappa shape index (κ3) is 2.52. The Morgan fingerprint density at radius 2 is 1.95 bits per heavy atom. The van der Waals surface area contributed by atoms with E-state index in [1.165, 1.54) is 0 Å².